The van der Waals surface area contributed by atoms with Crippen LogP contribution < -0.4 is 5.56 Å². The van der Waals surface area contributed by atoms with Crippen molar-refractivity contribution in [1.82, 2.24) is 19.5 Å². The molecule has 0 aliphatic heterocycles. The molecule has 0 amide bonds. The van der Waals surface area contributed by atoms with Gasteiger partial charge in [-0.05, 0) is 23.6 Å². The van der Waals surface area contributed by atoms with Gasteiger partial charge in [0, 0.05) is 11.8 Å². The molecule has 0 fully saturated rings. The van der Waals surface area contributed by atoms with E-state index in [0.29, 0.717) is 35.6 Å². The Balaban J connectivity index is 1.94. The van der Waals surface area contributed by atoms with Crippen LogP contribution in [0.5, 0.6) is 0 Å². The van der Waals surface area contributed by atoms with Gasteiger partial charge in [0.2, 0.25) is 0 Å². The zero-order chi connectivity index (χ0) is 18.8. The summed E-state index contributed by atoms with van der Waals surface area (Å²) in [5.74, 6) is 1.10. The lowest BCUT2D eigenvalue weighted by molar-refractivity contribution is 0.582. The number of aromatic nitrogens is 4. The summed E-state index contributed by atoms with van der Waals surface area (Å²) < 4.78 is 1.74. The van der Waals surface area contributed by atoms with Crippen molar-refractivity contribution in [2.45, 2.75) is 19.9 Å². The summed E-state index contributed by atoms with van der Waals surface area (Å²) in [6.45, 7) is 2.60. The Morgan fingerprint density at radius 3 is 2.33 bits per heavy atom. The van der Waals surface area contributed by atoms with Crippen LogP contribution in [0, 0.1) is 5.92 Å². The van der Waals surface area contributed by atoms with Gasteiger partial charge in [-0.1, -0.05) is 65.3 Å². The van der Waals surface area contributed by atoms with E-state index in [2.05, 4.69) is 32.8 Å². The topological polar surface area (TPSA) is 60.7 Å². The molecule has 1 unspecified atom stereocenters. The van der Waals surface area contributed by atoms with Gasteiger partial charge in [-0.2, -0.15) is 0 Å². The molecule has 27 heavy (non-hydrogen) atoms. The predicted molar refractivity (Wildman–Crippen MR) is 111 cm³/mol. The molecule has 0 aliphatic carbocycles. The summed E-state index contributed by atoms with van der Waals surface area (Å²) in [5, 5.41) is 0.843. The maximum atomic E-state index is 13.3. The van der Waals surface area contributed by atoms with Gasteiger partial charge in [-0.3, -0.25) is 9.36 Å². The highest BCUT2D eigenvalue weighted by molar-refractivity contribution is 9.09. The first-order valence-corrected chi connectivity index (χ1v) is 10.0. The number of alkyl halides is 1. The number of rotatable bonds is 5. The van der Waals surface area contributed by atoms with Gasteiger partial charge in [-0.15, -0.1) is 0 Å². The van der Waals surface area contributed by atoms with E-state index in [-0.39, 0.29) is 5.56 Å². The lowest BCUT2D eigenvalue weighted by Gasteiger charge is -2.15. The van der Waals surface area contributed by atoms with Crippen LogP contribution in [-0.4, -0.2) is 24.8 Å². The van der Waals surface area contributed by atoms with Crippen molar-refractivity contribution < 1.29 is 0 Å². The van der Waals surface area contributed by atoms with Crippen LogP contribution in [0.25, 0.3) is 22.2 Å². The molecule has 0 saturated heterocycles. The van der Waals surface area contributed by atoms with Crippen molar-refractivity contribution in [2.24, 2.45) is 5.92 Å². The third-order valence-electron chi connectivity index (χ3n) is 4.52. The van der Waals surface area contributed by atoms with Crippen LogP contribution in [0.4, 0.5) is 0 Å². The molecule has 0 bridgehead atoms. The fourth-order valence-electron chi connectivity index (χ4n) is 3.09. The number of hydrogen-bond donors (Lipinski definition) is 0. The molecule has 0 radical (unpaired) electrons. The van der Waals surface area contributed by atoms with Gasteiger partial charge >= 0.3 is 0 Å². The van der Waals surface area contributed by atoms with Crippen molar-refractivity contribution in [2.75, 3.05) is 5.33 Å². The normalized spacial score (nSPS) is 12.5. The van der Waals surface area contributed by atoms with Crippen LogP contribution in [0.2, 0.25) is 0 Å². The molecule has 2 heterocycles. The fourth-order valence-corrected chi connectivity index (χ4v) is 3.32. The standard InChI is InChI=1S/C21H19BrN4O/c1-14(12-22)11-18-25-20-19(23-16-9-5-6-10-17(16)24-20)21(27)26(18)13-15-7-3-2-4-8-15/h2-10,14H,11-13H2,1H3. The molecule has 0 spiro atoms. The summed E-state index contributed by atoms with van der Waals surface area (Å²) in [5.41, 5.74) is 3.11. The van der Waals surface area contributed by atoms with E-state index in [1.807, 2.05) is 54.6 Å². The van der Waals surface area contributed by atoms with Gasteiger partial charge in [0.15, 0.2) is 11.2 Å². The summed E-state index contributed by atoms with van der Waals surface area (Å²) in [7, 11) is 0. The third kappa shape index (κ3) is 3.62. The quantitative estimate of drug-likeness (QED) is 0.360. The number of para-hydroxylation sites is 2. The molecule has 0 N–H and O–H groups in total. The molecule has 6 heteroatoms. The molecule has 1 atom stereocenters. The summed E-state index contributed by atoms with van der Waals surface area (Å²) in [6.07, 6.45) is 0.692. The predicted octanol–water partition coefficient (Wildman–Crippen LogP) is 3.96. The van der Waals surface area contributed by atoms with Gasteiger partial charge in [0.05, 0.1) is 17.6 Å². The van der Waals surface area contributed by atoms with Crippen LogP contribution in [0.3, 0.4) is 0 Å². The Morgan fingerprint density at radius 2 is 1.63 bits per heavy atom. The lowest BCUT2D eigenvalue weighted by Crippen LogP contribution is -2.28. The van der Waals surface area contributed by atoms with Crippen LogP contribution in [-0.2, 0) is 13.0 Å². The van der Waals surface area contributed by atoms with Gasteiger partial charge < -0.3 is 0 Å². The van der Waals surface area contributed by atoms with Gasteiger partial charge in [0.1, 0.15) is 5.82 Å². The van der Waals surface area contributed by atoms with E-state index in [1.54, 1.807) is 4.57 Å². The molecule has 4 rings (SSSR count). The molecule has 0 aliphatic rings. The maximum Gasteiger partial charge on any atom is 0.282 e. The monoisotopic (exact) mass is 422 g/mol. The molecule has 2 aromatic carbocycles. The highest BCUT2D eigenvalue weighted by atomic mass is 79.9. The van der Waals surface area contributed by atoms with Crippen LogP contribution in [0.1, 0.15) is 18.3 Å². The van der Waals surface area contributed by atoms with E-state index < -0.39 is 0 Å². The minimum Gasteiger partial charge on any atom is -0.290 e. The first kappa shape index (κ1) is 17.8. The first-order chi connectivity index (χ1) is 13.2. The highest BCUT2D eigenvalue weighted by Gasteiger charge is 2.16. The molecule has 2 aromatic heterocycles. The summed E-state index contributed by atoms with van der Waals surface area (Å²) in [6, 6.07) is 17.5. The Bertz CT molecular complexity index is 1160. The second kappa shape index (κ2) is 7.56. The van der Waals surface area contributed by atoms with E-state index in [1.165, 1.54) is 0 Å². The average Bonchev–Trinajstić information content (AvgIpc) is 2.70. The highest BCUT2D eigenvalue weighted by Crippen LogP contribution is 2.15. The molecule has 0 saturated carbocycles. The third-order valence-corrected chi connectivity index (χ3v) is 5.63. The van der Waals surface area contributed by atoms with E-state index in [9.17, 15) is 4.79 Å². The van der Waals surface area contributed by atoms with E-state index in [0.717, 1.165) is 22.2 Å². The van der Waals surface area contributed by atoms with Crippen molar-refractivity contribution in [1.29, 1.82) is 0 Å². The smallest absolute Gasteiger partial charge is 0.282 e. The molecular weight excluding hydrogens is 404 g/mol. The zero-order valence-electron chi connectivity index (χ0n) is 15.0. The number of benzene rings is 2. The molecule has 136 valence electrons. The number of fused-ring (bicyclic) bond motifs is 2. The van der Waals surface area contributed by atoms with Gasteiger partial charge in [-0.25, -0.2) is 15.0 Å². The molecule has 4 aromatic rings. The Labute approximate surface area is 165 Å². The number of halogens is 1. The number of nitrogens with zero attached hydrogens (tertiary/aromatic N) is 4. The van der Waals surface area contributed by atoms with Crippen molar-refractivity contribution >= 4 is 38.1 Å². The summed E-state index contributed by atoms with van der Waals surface area (Å²) >= 11 is 3.52. The number of hydrogen-bond acceptors (Lipinski definition) is 4. The zero-order valence-corrected chi connectivity index (χ0v) is 16.6. The largest absolute Gasteiger partial charge is 0.290 e. The Hall–Kier alpha value is -2.60. The van der Waals surface area contributed by atoms with Crippen molar-refractivity contribution in [3.63, 3.8) is 0 Å². The van der Waals surface area contributed by atoms with Crippen molar-refractivity contribution in [3.8, 4) is 0 Å². The maximum absolute atomic E-state index is 13.3. The molecule has 5 nitrogen and oxygen atoms in total. The van der Waals surface area contributed by atoms with Gasteiger partial charge in [0.25, 0.3) is 5.56 Å². The van der Waals surface area contributed by atoms with Crippen molar-refractivity contribution in [3.05, 3.63) is 76.3 Å². The summed E-state index contributed by atoms with van der Waals surface area (Å²) in [4.78, 5) is 27.1. The SMILES string of the molecule is CC(CBr)Cc1nc2nc3ccccc3nc2c(=O)n1Cc1ccccc1. The van der Waals surface area contributed by atoms with Crippen LogP contribution >= 0.6 is 15.9 Å². The fraction of sp³-hybridized carbons (Fsp3) is 0.238. The average molecular weight is 423 g/mol. The minimum atomic E-state index is -0.140. The van der Waals surface area contributed by atoms with Crippen LogP contribution in [0.15, 0.2) is 59.4 Å². The Kier molecular flexibility index (Phi) is 4.99. The lowest BCUT2D eigenvalue weighted by atomic mass is 10.1. The second-order valence-electron chi connectivity index (χ2n) is 6.75. The Morgan fingerprint density at radius 1 is 0.963 bits per heavy atom. The van der Waals surface area contributed by atoms with E-state index in [4.69, 9.17) is 4.98 Å². The molecular formula is C21H19BrN4O. The second-order valence-corrected chi connectivity index (χ2v) is 7.40. The first-order valence-electron chi connectivity index (χ1n) is 8.92. The van der Waals surface area contributed by atoms with E-state index >= 15 is 0 Å². The minimum absolute atomic E-state index is 0.140.